The number of piperazine rings is 1. The SMILES string of the molecule is C[C@H]1CN(C(=O)c2sccc2C2CC2)C[C@H](C)N1. The van der Waals surface area contributed by atoms with Crippen molar-refractivity contribution >= 4 is 17.2 Å². The molecule has 2 atom stereocenters. The standard InChI is InChI=1S/C14H20N2OS/c1-9-7-16(8-10(2)15-9)14(17)13-12(5-6-18-13)11-3-4-11/h5-6,9-11,15H,3-4,7-8H2,1-2H3/t9-,10-/m0/s1. The molecule has 1 aromatic rings. The Hall–Kier alpha value is -0.870. The second-order valence-corrected chi connectivity index (χ2v) is 6.57. The third kappa shape index (κ3) is 2.31. The highest BCUT2D eigenvalue weighted by Crippen LogP contribution is 2.43. The minimum absolute atomic E-state index is 0.243. The van der Waals surface area contributed by atoms with Gasteiger partial charge in [-0.25, -0.2) is 0 Å². The number of thiophene rings is 1. The predicted molar refractivity (Wildman–Crippen MR) is 74.3 cm³/mol. The normalized spacial score (nSPS) is 28.4. The maximum absolute atomic E-state index is 12.6. The van der Waals surface area contributed by atoms with Crippen molar-refractivity contribution in [3.05, 3.63) is 21.9 Å². The number of nitrogens with zero attached hydrogens (tertiary/aromatic N) is 1. The van der Waals surface area contributed by atoms with Crippen molar-refractivity contribution in [2.45, 2.75) is 44.7 Å². The van der Waals surface area contributed by atoms with Crippen LogP contribution in [0.4, 0.5) is 0 Å². The van der Waals surface area contributed by atoms with Crippen LogP contribution in [0.1, 0.15) is 47.8 Å². The van der Waals surface area contributed by atoms with Crippen LogP contribution in [-0.4, -0.2) is 36.0 Å². The average Bonchev–Trinajstić information content (AvgIpc) is 3.05. The zero-order valence-corrected chi connectivity index (χ0v) is 11.8. The third-order valence-corrected chi connectivity index (χ3v) is 4.67. The van der Waals surface area contributed by atoms with Gasteiger partial charge >= 0.3 is 0 Å². The molecule has 1 aliphatic carbocycles. The summed E-state index contributed by atoms with van der Waals surface area (Å²) >= 11 is 1.61. The van der Waals surface area contributed by atoms with E-state index < -0.39 is 0 Å². The summed E-state index contributed by atoms with van der Waals surface area (Å²) in [6.45, 7) is 5.94. The van der Waals surface area contributed by atoms with Gasteiger partial charge in [0.1, 0.15) is 0 Å². The van der Waals surface area contributed by atoms with Crippen LogP contribution in [0.2, 0.25) is 0 Å². The van der Waals surface area contributed by atoms with Crippen LogP contribution >= 0.6 is 11.3 Å². The van der Waals surface area contributed by atoms with Crippen LogP contribution in [0.15, 0.2) is 11.4 Å². The van der Waals surface area contributed by atoms with Crippen molar-refractivity contribution in [3.8, 4) is 0 Å². The molecule has 0 radical (unpaired) electrons. The summed E-state index contributed by atoms with van der Waals surface area (Å²) < 4.78 is 0. The van der Waals surface area contributed by atoms with Gasteiger partial charge in [0.15, 0.2) is 0 Å². The summed E-state index contributed by atoms with van der Waals surface area (Å²) in [6.07, 6.45) is 2.51. The number of hydrogen-bond donors (Lipinski definition) is 1. The number of hydrogen-bond acceptors (Lipinski definition) is 3. The molecular formula is C14H20N2OS. The Bertz CT molecular complexity index is 442. The van der Waals surface area contributed by atoms with Crippen LogP contribution < -0.4 is 5.32 Å². The Morgan fingerprint density at radius 1 is 1.33 bits per heavy atom. The van der Waals surface area contributed by atoms with E-state index in [4.69, 9.17) is 0 Å². The molecule has 1 N–H and O–H groups in total. The van der Waals surface area contributed by atoms with Gasteiger partial charge in [-0.15, -0.1) is 11.3 Å². The van der Waals surface area contributed by atoms with Crippen molar-refractivity contribution in [1.82, 2.24) is 10.2 Å². The first-order valence-corrected chi connectivity index (χ1v) is 7.66. The summed E-state index contributed by atoms with van der Waals surface area (Å²) in [7, 11) is 0. The molecule has 1 aliphatic heterocycles. The van der Waals surface area contributed by atoms with Gasteiger partial charge in [-0.2, -0.15) is 0 Å². The Labute approximate surface area is 112 Å². The molecule has 0 unspecified atom stereocenters. The van der Waals surface area contributed by atoms with Crippen LogP contribution in [0.25, 0.3) is 0 Å². The summed E-state index contributed by atoms with van der Waals surface area (Å²) in [5.41, 5.74) is 1.30. The molecule has 0 spiro atoms. The van der Waals surface area contributed by atoms with Crippen molar-refractivity contribution < 1.29 is 4.79 Å². The molecule has 1 saturated heterocycles. The van der Waals surface area contributed by atoms with Gasteiger partial charge < -0.3 is 10.2 Å². The number of carbonyl (C=O) groups excluding carboxylic acids is 1. The third-order valence-electron chi connectivity index (χ3n) is 3.75. The zero-order chi connectivity index (χ0) is 12.7. The average molecular weight is 264 g/mol. The van der Waals surface area contributed by atoms with Gasteiger partial charge in [0.25, 0.3) is 5.91 Å². The summed E-state index contributed by atoms with van der Waals surface area (Å²) in [6, 6.07) is 2.93. The largest absolute Gasteiger partial charge is 0.335 e. The minimum atomic E-state index is 0.243. The van der Waals surface area contributed by atoms with E-state index in [2.05, 4.69) is 30.6 Å². The highest BCUT2D eigenvalue weighted by molar-refractivity contribution is 7.12. The van der Waals surface area contributed by atoms with Gasteiger partial charge in [-0.3, -0.25) is 4.79 Å². The first kappa shape index (κ1) is 12.2. The number of amides is 1. The monoisotopic (exact) mass is 264 g/mol. The molecule has 18 heavy (non-hydrogen) atoms. The lowest BCUT2D eigenvalue weighted by Gasteiger charge is -2.36. The molecule has 98 valence electrons. The van der Waals surface area contributed by atoms with E-state index in [1.165, 1.54) is 18.4 Å². The fourth-order valence-electron chi connectivity index (χ4n) is 2.85. The van der Waals surface area contributed by atoms with E-state index in [0.29, 0.717) is 18.0 Å². The quantitative estimate of drug-likeness (QED) is 0.890. The van der Waals surface area contributed by atoms with Gasteiger partial charge in [0, 0.05) is 25.2 Å². The van der Waals surface area contributed by atoms with Crippen LogP contribution in [0.5, 0.6) is 0 Å². The first-order valence-electron chi connectivity index (χ1n) is 6.78. The van der Waals surface area contributed by atoms with Gasteiger partial charge in [0.2, 0.25) is 0 Å². The fourth-order valence-corrected chi connectivity index (χ4v) is 3.80. The highest BCUT2D eigenvalue weighted by atomic mass is 32.1. The number of carbonyl (C=O) groups is 1. The van der Waals surface area contributed by atoms with Crippen molar-refractivity contribution in [2.24, 2.45) is 0 Å². The zero-order valence-electron chi connectivity index (χ0n) is 11.0. The lowest BCUT2D eigenvalue weighted by Crippen LogP contribution is -2.55. The smallest absolute Gasteiger partial charge is 0.264 e. The Morgan fingerprint density at radius 3 is 2.61 bits per heavy atom. The van der Waals surface area contributed by atoms with E-state index in [0.717, 1.165) is 18.0 Å². The molecule has 1 saturated carbocycles. The lowest BCUT2D eigenvalue weighted by molar-refractivity contribution is 0.0677. The molecule has 1 aromatic heterocycles. The Balaban J connectivity index is 1.78. The minimum Gasteiger partial charge on any atom is -0.335 e. The molecule has 2 fully saturated rings. The highest BCUT2D eigenvalue weighted by Gasteiger charge is 2.32. The topological polar surface area (TPSA) is 32.3 Å². The van der Waals surface area contributed by atoms with Gasteiger partial charge in [0.05, 0.1) is 4.88 Å². The maximum atomic E-state index is 12.6. The first-order chi connectivity index (χ1) is 8.65. The Kier molecular flexibility index (Phi) is 3.16. The van der Waals surface area contributed by atoms with E-state index in [-0.39, 0.29) is 5.91 Å². The summed E-state index contributed by atoms with van der Waals surface area (Å²) in [5.74, 6) is 0.903. The predicted octanol–water partition coefficient (Wildman–Crippen LogP) is 2.45. The molecule has 2 aliphatic rings. The van der Waals surface area contributed by atoms with Crippen LogP contribution in [0.3, 0.4) is 0 Å². The lowest BCUT2D eigenvalue weighted by atomic mass is 10.1. The second-order valence-electron chi connectivity index (χ2n) is 5.66. The van der Waals surface area contributed by atoms with E-state index in [1.807, 2.05) is 4.90 Å². The van der Waals surface area contributed by atoms with E-state index in [9.17, 15) is 4.79 Å². The molecule has 0 bridgehead atoms. The van der Waals surface area contributed by atoms with E-state index >= 15 is 0 Å². The molecule has 1 amide bonds. The maximum Gasteiger partial charge on any atom is 0.264 e. The second kappa shape index (κ2) is 4.67. The molecule has 3 rings (SSSR count). The van der Waals surface area contributed by atoms with Crippen molar-refractivity contribution in [1.29, 1.82) is 0 Å². The molecule has 4 heteroatoms. The van der Waals surface area contributed by atoms with Gasteiger partial charge in [-0.1, -0.05) is 0 Å². The number of nitrogens with one attached hydrogen (secondary N) is 1. The van der Waals surface area contributed by atoms with Crippen LogP contribution in [0, 0.1) is 0 Å². The van der Waals surface area contributed by atoms with Crippen molar-refractivity contribution in [2.75, 3.05) is 13.1 Å². The molecular weight excluding hydrogens is 244 g/mol. The molecule has 2 heterocycles. The van der Waals surface area contributed by atoms with Crippen LogP contribution in [-0.2, 0) is 0 Å². The Morgan fingerprint density at radius 2 is 2.00 bits per heavy atom. The molecule has 0 aromatic carbocycles. The van der Waals surface area contributed by atoms with Crippen molar-refractivity contribution in [3.63, 3.8) is 0 Å². The summed E-state index contributed by atoms with van der Waals surface area (Å²) in [5, 5.41) is 5.53. The number of rotatable bonds is 2. The molecule has 3 nitrogen and oxygen atoms in total. The van der Waals surface area contributed by atoms with Gasteiger partial charge in [-0.05, 0) is 49.6 Å². The fraction of sp³-hybridized carbons (Fsp3) is 0.643. The van der Waals surface area contributed by atoms with E-state index in [1.54, 1.807) is 11.3 Å². The summed E-state index contributed by atoms with van der Waals surface area (Å²) in [4.78, 5) is 15.6.